The molecule has 1 aromatic heterocycles. The lowest BCUT2D eigenvalue weighted by Crippen LogP contribution is -2.27. The van der Waals surface area contributed by atoms with Gasteiger partial charge in [-0.25, -0.2) is 0 Å². The maximum absolute atomic E-state index is 5.90. The highest BCUT2D eigenvalue weighted by molar-refractivity contribution is 5.44. The Labute approximate surface area is 84.7 Å². The number of nitrogens with two attached hydrogens (primary N) is 1. The van der Waals surface area contributed by atoms with Crippen molar-refractivity contribution in [2.75, 3.05) is 19.3 Å². The van der Waals surface area contributed by atoms with Gasteiger partial charge in [0.1, 0.15) is 5.82 Å². The van der Waals surface area contributed by atoms with Crippen LogP contribution in [0.1, 0.15) is 31.1 Å². The third-order valence-electron chi connectivity index (χ3n) is 2.80. The number of fused-ring (bicyclic) bond motifs is 1. The number of nitrogens with zero attached hydrogens (tertiary/aromatic N) is 3. The van der Waals surface area contributed by atoms with Crippen molar-refractivity contribution in [1.29, 1.82) is 0 Å². The van der Waals surface area contributed by atoms with E-state index in [0.29, 0.717) is 11.9 Å². The number of nitrogen functional groups attached to an aromatic ring is 1. The van der Waals surface area contributed by atoms with E-state index < -0.39 is 0 Å². The molecule has 1 aromatic rings. The molecular weight excluding hydrogens is 176 g/mol. The van der Waals surface area contributed by atoms with Gasteiger partial charge in [-0.15, -0.1) is 0 Å². The fourth-order valence-electron chi connectivity index (χ4n) is 2.03. The molecule has 2 heterocycles. The Morgan fingerprint density at radius 1 is 1.43 bits per heavy atom. The molecule has 0 saturated heterocycles. The summed E-state index contributed by atoms with van der Waals surface area (Å²) in [6.07, 6.45) is 1.06. The highest BCUT2D eigenvalue weighted by atomic mass is 15.3. The summed E-state index contributed by atoms with van der Waals surface area (Å²) in [5, 5.41) is 4.39. The lowest BCUT2D eigenvalue weighted by atomic mass is 10.1. The first kappa shape index (κ1) is 9.52. The minimum absolute atomic E-state index is 0.407. The lowest BCUT2D eigenvalue weighted by Gasteiger charge is -2.23. The van der Waals surface area contributed by atoms with Gasteiger partial charge in [0, 0.05) is 36.8 Å². The Morgan fingerprint density at radius 3 is 2.79 bits per heavy atom. The molecule has 2 N–H and O–H groups in total. The van der Waals surface area contributed by atoms with Crippen molar-refractivity contribution < 1.29 is 0 Å². The van der Waals surface area contributed by atoms with Crippen LogP contribution in [-0.2, 0) is 13.0 Å². The van der Waals surface area contributed by atoms with Crippen LogP contribution < -0.4 is 5.73 Å². The fraction of sp³-hybridized carbons (Fsp3) is 0.700. The number of anilines is 1. The fourth-order valence-corrected chi connectivity index (χ4v) is 2.03. The van der Waals surface area contributed by atoms with Crippen molar-refractivity contribution in [2.45, 2.75) is 32.9 Å². The molecule has 4 heteroatoms. The van der Waals surface area contributed by atoms with Crippen LogP contribution in [0.2, 0.25) is 0 Å². The van der Waals surface area contributed by atoms with Gasteiger partial charge in [-0.05, 0) is 20.9 Å². The molecule has 0 radical (unpaired) electrons. The summed E-state index contributed by atoms with van der Waals surface area (Å²) in [5.41, 5.74) is 8.46. The number of hydrogen-bond donors (Lipinski definition) is 1. The average Bonchev–Trinajstić information content (AvgIpc) is 2.44. The summed E-state index contributed by atoms with van der Waals surface area (Å²) < 4.78 is 2.07. The second-order valence-corrected chi connectivity index (χ2v) is 4.34. The third-order valence-corrected chi connectivity index (χ3v) is 2.80. The molecule has 78 valence electrons. The molecule has 0 fully saturated rings. The molecule has 0 atom stereocenters. The van der Waals surface area contributed by atoms with Gasteiger partial charge in [0.2, 0.25) is 0 Å². The van der Waals surface area contributed by atoms with Crippen molar-refractivity contribution in [3.8, 4) is 0 Å². The van der Waals surface area contributed by atoms with Crippen LogP contribution in [0.5, 0.6) is 0 Å². The van der Waals surface area contributed by atoms with Gasteiger partial charge in [-0.2, -0.15) is 5.10 Å². The summed E-state index contributed by atoms with van der Waals surface area (Å²) in [7, 11) is 2.12. The van der Waals surface area contributed by atoms with E-state index in [1.165, 1.54) is 11.3 Å². The minimum Gasteiger partial charge on any atom is -0.382 e. The first-order valence-corrected chi connectivity index (χ1v) is 5.14. The predicted molar refractivity (Wildman–Crippen MR) is 57.1 cm³/mol. The normalized spacial score (nSPS) is 17.4. The summed E-state index contributed by atoms with van der Waals surface area (Å²) >= 11 is 0. The number of likely N-dealkylation sites (N-methyl/N-ethyl adjacent to an activating group) is 1. The van der Waals surface area contributed by atoms with Crippen molar-refractivity contribution in [3.05, 3.63) is 11.3 Å². The molecule has 1 aliphatic heterocycles. The summed E-state index contributed by atoms with van der Waals surface area (Å²) in [6, 6.07) is 0.407. The van der Waals surface area contributed by atoms with Crippen molar-refractivity contribution in [1.82, 2.24) is 14.7 Å². The van der Waals surface area contributed by atoms with E-state index in [1.807, 2.05) is 0 Å². The first-order chi connectivity index (χ1) is 6.59. The zero-order valence-electron chi connectivity index (χ0n) is 9.12. The first-order valence-electron chi connectivity index (χ1n) is 5.14. The van der Waals surface area contributed by atoms with Gasteiger partial charge in [-0.3, -0.25) is 4.68 Å². The van der Waals surface area contributed by atoms with Crippen LogP contribution in [0.4, 0.5) is 5.82 Å². The Morgan fingerprint density at radius 2 is 2.14 bits per heavy atom. The van der Waals surface area contributed by atoms with Gasteiger partial charge in [0.05, 0.1) is 0 Å². The van der Waals surface area contributed by atoms with Crippen LogP contribution in [0.3, 0.4) is 0 Å². The summed E-state index contributed by atoms with van der Waals surface area (Å²) in [5.74, 6) is 0.709. The Kier molecular flexibility index (Phi) is 2.23. The van der Waals surface area contributed by atoms with Crippen molar-refractivity contribution >= 4 is 5.82 Å². The topological polar surface area (TPSA) is 47.1 Å². The Hall–Kier alpha value is -1.03. The monoisotopic (exact) mass is 194 g/mol. The molecule has 4 nitrogen and oxygen atoms in total. The summed E-state index contributed by atoms with van der Waals surface area (Å²) in [4.78, 5) is 2.28. The molecule has 0 bridgehead atoms. The van der Waals surface area contributed by atoms with Gasteiger partial charge in [0.25, 0.3) is 0 Å². The molecular formula is C10H18N4. The second-order valence-electron chi connectivity index (χ2n) is 4.34. The SMILES string of the molecule is CC(C)n1nc(N)c2c1CCN(C)C2. The average molecular weight is 194 g/mol. The Balaban J connectivity index is 2.44. The van der Waals surface area contributed by atoms with E-state index in [1.54, 1.807) is 0 Å². The van der Waals surface area contributed by atoms with E-state index in [4.69, 9.17) is 5.73 Å². The number of aromatic nitrogens is 2. The maximum Gasteiger partial charge on any atom is 0.150 e. The van der Waals surface area contributed by atoms with Crippen LogP contribution >= 0.6 is 0 Å². The van der Waals surface area contributed by atoms with E-state index >= 15 is 0 Å². The van der Waals surface area contributed by atoms with Gasteiger partial charge >= 0.3 is 0 Å². The van der Waals surface area contributed by atoms with Crippen molar-refractivity contribution in [2.24, 2.45) is 0 Å². The molecule has 0 aromatic carbocycles. The van der Waals surface area contributed by atoms with Gasteiger partial charge in [-0.1, -0.05) is 0 Å². The smallest absolute Gasteiger partial charge is 0.150 e. The van der Waals surface area contributed by atoms with Gasteiger partial charge < -0.3 is 10.6 Å². The van der Waals surface area contributed by atoms with E-state index in [9.17, 15) is 0 Å². The Bertz CT molecular complexity index is 340. The quantitative estimate of drug-likeness (QED) is 0.726. The highest BCUT2D eigenvalue weighted by Crippen LogP contribution is 2.25. The molecule has 1 aliphatic rings. The molecule has 14 heavy (non-hydrogen) atoms. The number of hydrogen-bond acceptors (Lipinski definition) is 3. The number of rotatable bonds is 1. The molecule has 0 aliphatic carbocycles. The molecule has 0 spiro atoms. The molecule has 2 rings (SSSR count). The van der Waals surface area contributed by atoms with E-state index in [-0.39, 0.29) is 0 Å². The standard InChI is InChI=1S/C10H18N4/c1-7(2)14-9-4-5-13(3)6-8(9)10(11)12-14/h7H,4-6H2,1-3H3,(H2,11,12). The summed E-state index contributed by atoms with van der Waals surface area (Å²) in [6.45, 7) is 6.33. The highest BCUT2D eigenvalue weighted by Gasteiger charge is 2.22. The van der Waals surface area contributed by atoms with Crippen molar-refractivity contribution in [3.63, 3.8) is 0 Å². The third kappa shape index (κ3) is 1.39. The lowest BCUT2D eigenvalue weighted by molar-refractivity contribution is 0.305. The molecule has 0 saturated carbocycles. The molecule has 0 amide bonds. The van der Waals surface area contributed by atoms with Crippen LogP contribution in [0.15, 0.2) is 0 Å². The molecule has 0 unspecified atom stereocenters. The van der Waals surface area contributed by atoms with Crippen LogP contribution in [0.25, 0.3) is 0 Å². The minimum atomic E-state index is 0.407. The van der Waals surface area contributed by atoms with Crippen LogP contribution in [0, 0.1) is 0 Å². The zero-order chi connectivity index (χ0) is 10.3. The van der Waals surface area contributed by atoms with Gasteiger partial charge in [0.15, 0.2) is 0 Å². The predicted octanol–water partition coefficient (Wildman–Crippen LogP) is 1.03. The largest absolute Gasteiger partial charge is 0.382 e. The second kappa shape index (κ2) is 3.28. The van der Waals surface area contributed by atoms with Crippen LogP contribution in [-0.4, -0.2) is 28.3 Å². The zero-order valence-corrected chi connectivity index (χ0v) is 9.12. The maximum atomic E-state index is 5.90. The van der Waals surface area contributed by atoms with E-state index in [2.05, 4.69) is 35.6 Å². The van der Waals surface area contributed by atoms with E-state index in [0.717, 1.165) is 19.5 Å².